The van der Waals surface area contributed by atoms with Gasteiger partial charge in [-0.2, -0.15) is 0 Å². The van der Waals surface area contributed by atoms with E-state index in [9.17, 15) is 14.4 Å². The second kappa shape index (κ2) is 7.25. The summed E-state index contributed by atoms with van der Waals surface area (Å²) in [5.41, 5.74) is 7.96. The number of nitrogens with two attached hydrogens (primary N) is 1. The first kappa shape index (κ1) is 18.3. The average molecular weight is 344 g/mol. The number of primary amides is 1. The van der Waals surface area contributed by atoms with Crippen LogP contribution in [0.4, 0.5) is 4.79 Å². The number of aromatic nitrogens is 2. The van der Waals surface area contributed by atoms with E-state index in [1.807, 2.05) is 19.2 Å². The second-order valence-electron chi connectivity index (χ2n) is 6.02. The van der Waals surface area contributed by atoms with Crippen LogP contribution in [0, 0.1) is 19.8 Å². The summed E-state index contributed by atoms with van der Waals surface area (Å²) in [5, 5.41) is 1.92. The molecule has 1 aromatic heterocycles. The normalized spacial score (nSPS) is 12.0. The molecule has 1 heterocycles. The molecular formula is C17H20N4O4. The molecule has 0 saturated heterocycles. The summed E-state index contributed by atoms with van der Waals surface area (Å²) in [6.07, 6.45) is -1.14. The Morgan fingerprint density at radius 2 is 1.68 bits per heavy atom. The van der Waals surface area contributed by atoms with E-state index < -0.39 is 24.0 Å². The highest BCUT2D eigenvalue weighted by Gasteiger charge is 2.28. The highest BCUT2D eigenvalue weighted by molar-refractivity contribution is 5.99. The molecule has 0 bridgehead atoms. The number of urea groups is 1. The number of hydrogen-bond donors (Lipinski definition) is 2. The number of amides is 3. The fraction of sp³-hybridized carbons (Fsp3) is 0.353. The van der Waals surface area contributed by atoms with E-state index >= 15 is 0 Å². The van der Waals surface area contributed by atoms with Gasteiger partial charge in [0.25, 0.3) is 5.91 Å². The van der Waals surface area contributed by atoms with Crippen molar-refractivity contribution < 1.29 is 19.1 Å². The van der Waals surface area contributed by atoms with Crippen LogP contribution in [0.3, 0.4) is 0 Å². The number of nitrogens with one attached hydrogen (secondary N) is 1. The van der Waals surface area contributed by atoms with Crippen molar-refractivity contribution in [1.29, 1.82) is 0 Å². The molecule has 8 nitrogen and oxygen atoms in total. The summed E-state index contributed by atoms with van der Waals surface area (Å²) in [7, 11) is 0. The zero-order valence-corrected chi connectivity index (χ0v) is 14.5. The minimum atomic E-state index is -1.14. The third kappa shape index (κ3) is 4.28. The van der Waals surface area contributed by atoms with Gasteiger partial charge in [0.2, 0.25) is 0 Å². The quantitative estimate of drug-likeness (QED) is 0.812. The fourth-order valence-corrected chi connectivity index (χ4v) is 2.23. The fourth-order valence-electron chi connectivity index (χ4n) is 2.23. The first-order valence-corrected chi connectivity index (χ1v) is 7.75. The lowest BCUT2D eigenvalue weighted by Crippen LogP contribution is -2.45. The molecule has 3 N–H and O–H groups in total. The Labute approximate surface area is 144 Å². The van der Waals surface area contributed by atoms with Crippen LogP contribution < -0.4 is 11.1 Å². The van der Waals surface area contributed by atoms with Crippen molar-refractivity contribution in [2.75, 3.05) is 0 Å². The Morgan fingerprint density at radius 3 is 2.24 bits per heavy atom. The van der Waals surface area contributed by atoms with Crippen LogP contribution in [0.15, 0.2) is 18.2 Å². The molecule has 0 aliphatic carbocycles. The molecule has 2 aromatic rings. The monoisotopic (exact) mass is 344 g/mol. The Hall–Kier alpha value is -3.03. The minimum absolute atomic E-state index is 0.238. The third-order valence-electron chi connectivity index (χ3n) is 3.66. The lowest BCUT2D eigenvalue weighted by Gasteiger charge is -2.19. The van der Waals surface area contributed by atoms with Crippen molar-refractivity contribution in [1.82, 2.24) is 15.3 Å². The largest absolute Gasteiger partial charge is 0.448 e. The van der Waals surface area contributed by atoms with Gasteiger partial charge in [0.15, 0.2) is 6.10 Å². The molecule has 0 aliphatic heterocycles. The summed E-state index contributed by atoms with van der Waals surface area (Å²) in [4.78, 5) is 43.9. The van der Waals surface area contributed by atoms with Crippen molar-refractivity contribution in [3.63, 3.8) is 0 Å². The van der Waals surface area contributed by atoms with Gasteiger partial charge in [-0.3, -0.25) is 10.1 Å². The maximum absolute atomic E-state index is 12.4. The van der Waals surface area contributed by atoms with E-state index in [1.165, 1.54) is 0 Å². The third-order valence-corrected chi connectivity index (χ3v) is 3.66. The molecular weight excluding hydrogens is 324 g/mol. The number of hydrogen-bond acceptors (Lipinski definition) is 6. The number of nitrogens with zero attached hydrogens (tertiary/aromatic N) is 2. The number of esters is 1. The van der Waals surface area contributed by atoms with Crippen LogP contribution in [0.25, 0.3) is 11.0 Å². The van der Waals surface area contributed by atoms with Gasteiger partial charge in [0.05, 0.1) is 28.0 Å². The Kier molecular flexibility index (Phi) is 5.31. The summed E-state index contributed by atoms with van der Waals surface area (Å²) < 4.78 is 5.26. The van der Waals surface area contributed by atoms with E-state index in [1.54, 1.807) is 32.0 Å². The average Bonchev–Trinajstić information content (AvgIpc) is 2.51. The Balaban J connectivity index is 2.26. The van der Waals surface area contributed by atoms with Crippen LogP contribution >= 0.6 is 0 Å². The highest BCUT2D eigenvalue weighted by Crippen LogP contribution is 2.17. The van der Waals surface area contributed by atoms with E-state index in [0.29, 0.717) is 11.0 Å². The number of ether oxygens (including phenoxy) is 1. The summed E-state index contributed by atoms with van der Waals surface area (Å²) in [6.45, 7) is 7.07. The van der Waals surface area contributed by atoms with E-state index in [-0.39, 0.29) is 11.5 Å². The number of carbonyl (C=O) groups excluding carboxylic acids is 3. The molecule has 0 spiro atoms. The molecule has 0 aliphatic rings. The molecule has 0 fully saturated rings. The summed E-state index contributed by atoms with van der Waals surface area (Å²) in [6, 6.07) is 3.77. The van der Waals surface area contributed by atoms with Crippen LogP contribution in [0.2, 0.25) is 0 Å². The van der Waals surface area contributed by atoms with E-state index in [4.69, 9.17) is 10.5 Å². The topological polar surface area (TPSA) is 124 Å². The van der Waals surface area contributed by atoms with Gasteiger partial charge >= 0.3 is 12.0 Å². The van der Waals surface area contributed by atoms with Crippen LogP contribution in [0.5, 0.6) is 0 Å². The molecule has 0 saturated carbocycles. The van der Waals surface area contributed by atoms with Gasteiger partial charge in [0, 0.05) is 0 Å². The van der Waals surface area contributed by atoms with Crippen molar-refractivity contribution in [3.05, 3.63) is 35.2 Å². The zero-order valence-electron chi connectivity index (χ0n) is 14.5. The molecule has 25 heavy (non-hydrogen) atoms. The summed E-state index contributed by atoms with van der Waals surface area (Å²) in [5.74, 6) is -1.79. The molecule has 132 valence electrons. The molecule has 3 amide bonds. The standard InChI is InChI=1S/C17H20N4O4/c1-8(2)14(15(22)21-17(18)24)25-16(23)11-5-6-12-13(7-11)20-10(4)9(3)19-12/h5-8,14H,1-4H3,(H3,18,21,22,24)/t14-/m1/s1. The van der Waals surface area contributed by atoms with Gasteiger partial charge in [-0.1, -0.05) is 13.8 Å². The summed E-state index contributed by atoms with van der Waals surface area (Å²) >= 11 is 0. The van der Waals surface area contributed by atoms with Gasteiger partial charge < -0.3 is 10.5 Å². The minimum Gasteiger partial charge on any atom is -0.448 e. The van der Waals surface area contributed by atoms with Gasteiger partial charge in [-0.05, 0) is 38.0 Å². The first-order chi connectivity index (χ1) is 11.7. The SMILES string of the molecule is Cc1nc2ccc(C(=O)O[C@@H](C(=O)NC(N)=O)C(C)C)cc2nc1C. The maximum atomic E-state index is 12.4. The lowest BCUT2D eigenvalue weighted by atomic mass is 10.1. The molecule has 1 aromatic carbocycles. The predicted octanol–water partition coefficient (Wildman–Crippen LogP) is 1.62. The van der Waals surface area contributed by atoms with Gasteiger partial charge in [-0.15, -0.1) is 0 Å². The van der Waals surface area contributed by atoms with E-state index in [0.717, 1.165) is 11.4 Å². The van der Waals surface area contributed by atoms with E-state index in [2.05, 4.69) is 9.97 Å². The lowest BCUT2D eigenvalue weighted by molar-refractivity contribution is -0.130. The van der Waals surface area contributed by atoms with Crippen molar-refractivity contribution in [3.8, 4) is 0 Å². The van der Waals surface area contributed by atoms with Crippen molar-refractivity contribution in [2.45, 2.75) is 33.8 Å². The number of imide groups is 1. The molecule has 0 unspecified atom stereocenters. The van der Waals surface area contributed by atoms with Crippen LogP contribution in [-0.4, -0.2) is 34.0 Å². The number of benzene rings is 1. The maximum Gasteiger partial charge on any atom is 0.339 e. The van der Waals surface area contributed by atoms with Crippen molar-refractivity contribution >= 4 is 28.9 Å². The van der Waals surface area contributed by atoms with Gasteiger partial charge in [-0.25, -0.2) is 19.6 Å². The Bertz CT molecular complexity index is 848. The van der Waals surface area contributed by atoms with Crippen molar-refractivity contribution in [2.24, 2.45) is 11.7 Å². The number of fused-ring (bicyclic) bond motifs is 1. The molecule has 8 heteroatoms. The number of carbonyl (C=O) groups is 3. The first-order valence-electron chi connectivity index (χ1n) is 7.75. The zero-order chi connectivity index (χ0) is 18.7. The number of aryl methyl sites for hydroxylation is 2. The number of rotatable bonds is 4. The molecule has 1 atom stereocenters. The molecule has 2 rings (SSSR count). The molecule has 0 radical (unpaired) electrons. The predicted molar refractivity (Wildman–Crippen MR) is 90.8 cm³/mol. The Morgan fingerprint density at radius 1 is 1.08 bits per heavy atom. The van der Waals surface area contributed by atoms with Crippen LogP contribution in [-0.2, 0) is 9.53 Å². The van der Waals surface area contributed by atoms with Crippen LogP contribution in [0.1, 0.15) is 35.6 Å². The smallest absolute Gasteiger partial charge is 0.339 e. The second-order valence-corrected chi connectivity index (χ2v) is 6.02. The highest BCUT2D eigenvalue weighted by atomic mass is 16.5. The van der Waals surface area contributed by atoms with Gasteiger partial charge in [0.1, 0.15) is 0 Å².